The zero-order valence-corrected chi connectivity index (χ0v) is 20.2. The van der Waals surface area contributed by atoms with E-state index >= 15 is 0 Å². The summed E-state index contributed by atoms with van der Waals surface area (Å²) < 4.78 is 0. The number of nitrogens with zero attached hydrogens (tertiary/aromatic N) is 7. The van der Waals surface area contributed by atoms with Crippen LogP contribution in [0, 0.1) is 24.2 Å². The van der Waals surface area contributed by atoms with Gasteiger partial charge in [-0.25, -0.2) is 4.98 Å². The van der Waals surface area contributed by atoms with Gasteiger partial charge in [0.05, 0.1) is 17.6 Å². The predicted octanol–water partition coefficient (Wildman–Crippen LogP) is 3.14. The Morgan fingerprint density at radius 1 is 1.06 bits per heavy atom. The Hall–Kier alpha value is -3.10. The van der Waals surface area contributed by atoms with Crippen LogP contribution >= 0.6 is 11.3 Å². The van der Waals surface area contributed by atoms with Crippen LogP contribution < -0.4 is 9.80 Å². The van der Waals surface area contributed by atoms with E-state index in [1.165, 1.54) is 11.3 Å². The van der Waals surface area contributed by atoms with Crippen molar-refractivity contribution in [3.05, 3.63) is 36.0 Å². The number of aryl methyl sites for hydroxylation is 1. The number of tetrazole rings is 1. The summed E-state index contributed by atoms with van der Waals surface area (Å²) in [6.07, 6.45) is 2.15. The van der Waals surface area contributed by atoms with Gasteiger partial charge in [0.2, 0.25) is 5.82 Å². The Morgan fingerprint density at radius 2 is 1.70 bits per heavy atom. The molecule has 0 amide bonds. The maximum Gasteiger partial charge on any atom is 0.373 e. The molecule has 2 atom stereocenters. The third kappa shape index (κ3) is 5.29. The first-order chi connectivity index (χ1) is 15.8. The minimum absolute atomic E-state index is 0.121. The fourth-order valence-corrected chi connectivity index (χ4v) is 5.47. The van der Waals surface area contributed by atoms with Crippen LogP contribution in [0.5, 0.6) is 0 Å². The number of aromatic nitrogens is 5. The van der Waals surface area contributed by atoms with Crippen molar-refractivity contribution >= 4 is 28.3 Å². The van der Waals surface area contributed by atoms with Crippen LogP contribution in [0.25, 0.3) is 10.7 Å². The molecule has 10 heteroatoms. The van der Waals surface area contributed by atoms with E-state index in [2.05, 4.69) is 77.2 Å². The van der Waals surface area contributed by atoms with Crippen LogP contribution in [0.15, 0.2) is 30.5 Å². The van der Waals surface area contributed by atoms with Crippen LogP contribution in [0.1, 0.15) is 26.3 Å². The Labute approximate surface area is 197 Å². The third-order valence-electron chi connectivity index (χ3n) is 6.00. The number of benzene rings is 1. The van der Waals surface area contributed by atoms with Crippen molar-refractivity contribution in [3.63, 3.8) is 0 Å². The Kier molecular flexibility index (Phi) is 6.58. The molecule has 4 heterocycles. The molecule has 3 aromatic rings. The van der Waals surface area contributed by atoms with E-state index < -0.39 is 0 Å². The summed E-state index contributed by atoms with van der Waals surface area (Å²) in [4.78, 5) is 28.6. The molecule has 0 radical (unpaired) electrons. The molecular formula is C23H29N7O2S. The molecular weight excluding hydrogens is 438 g/mol. The first-order valence-electron chi connectivity index (χ1n) is 11.1. The van der Waals surface area contributed by atoms with E-state index in [0.717, 1.165) is 42.7 Å². The smallest absolute Gasteiger partial charge is 0.371 e. The number of para-hydroxylation sites is 1. The van der Waals surface area contributed by atoms with E-state index in [1.807, 2.05) is 6.20 Å². The first kappa shape index (κ1) is 23.1. The maximum absolute atomic E-state index is 8.12. The van der Waals surface area contributed by atoms with Gasteiger partial charge in [-0.15, -0.1) is 10.2 Å². The lowest BCUT2D eigenvalue weighted by Crippen LogP contribution is -2.28. The average molecular weight is 468 g/mol. The predicted molar refractivity (Wildman–Crippen MR) is 126 cm³/mol. The zero-order chi connectivity index (χ0) is 23.6. The summed E-state index contributed by atoms with van der Waals surface area (Å²) in [5.41, 5.74) is 2.88. The Morgan fingerprint density at radius 3 is 2.33 bits per heavy atom. The van der Waals surface area contributed by atoms with Crippen molar-refractivity contribution < 1.29 is 9.59 Å². The Balaban J connectivity index is 0.000000821. The van der Waals surface area contributed by atoms with E-state index in [1.54, 1.807) is 16.1 Å². The molecule has 0 saturated carbocycles. The molecule has 9 nitrogen and oxygen atoms in total. The number of thiazole rings is 1. The summed E-state index contributed by atoms with van der Waals surface area (Å²) in [5, 5.41) is 14.1. The van der Waals surface area contributed by atoms with E-state index in [-0.39, 0.29) is 11.6 Å². The van der Waals surface area contributed by atoms with E-state index in [9.17, 15) is 0 Å². The molecule has 2 aromatic heterocycles. The molecule has 2 fully saturated rings. The SMILES string of the molecule is Cc1ccccc1N1CC2CN(c3ncc(-c4nnn(CC(C)(C)C)n4)s3)CC2C1.O=C=O. The van der Waals surface area contributed by atoms with Crippen LogP contribution in [0.3, 0.4) is 0 Å². The van der Waals surface area contributed by atoms with Gasteiger partial charge in [-0.1, -0.05) is 50.3 Å². The molecule has 2 saturated heterocycles. The highest BCUT2D eigenvalue weighted by atomic mass is 32.1. The van der Waals surface area contributed by atoms with Gasteiger partial charge in [0.15, 0.2) is 5.13 Å². The summed E-state index contributed by atoms with van der Waals surface area (Å²) in [6, 6.07) is 8.72. The van der Waals surface area contributed by atoms with Gasteiger partial charge >= 0.3 is 6.15 Å². The zero-order valence-electron chi connectivity index (χ0n) is 19.4. The highest BCUT2D eigenvalue weighted by molar-refractivity contribution is 7.18. The third-order valence-corrected chi connectivity index (χ3v) is 7.05. The topological polar surface area (TPSA) is 97.1 Å². The quantitative estimate of drug-likeness (QED) is 0.577. The number of hydrogen-bond acceptors (Lipinski definition) is 9. The van der Waals surface area contributed by atoms with E-state index in [4.69, 9.17) is 14.6 Å². The molecule has 2 aliphatic rings. The monoisotopic (exact) mass is 467 g/mol. The standard InChI is InChI=1S/C22H29N7S.CO2/c1-15-7-5-6-8-18(15)27-10-16-12-28(13-17(16)11-27)21-23-9-19(30-21)20-24-26-29(25-20)14-22(2,3)4;2-1-3/h5-9,16-17H,10-14H2,1-4H3;. The normalized spacial score (nSPS) is 19.8. The number of carbonyl (C=O) groups excluding carboxylic acids is 2. The highest BCUT2D eigenvalue weighted by Gasteiger charge is 2.41. The second-order valence-corrected chi connectivity index (χ2v) is 10.9. The van der Waals surface area contributed by atoms with Crippen LogP contribution in [0.2, 0.25) is 0 Å². The van der Waals surface area contributed by atoms with Gasteiger partial charge in [-0.3, -0.25) is 0 Å². The number of fused-ring (bicyclic) bond motifs is 1. The molecule has 0 spiro atoms. The summed E-state index contributed by atoms with van der Waals surface area (Å²) in [7, 11) is 0. The molecule has 0 aliphatic carbocycles. The molecule has 33 heavy (non-hydrogen) atoms. The van der Waals surface area contributed by atoms with Gasteiger partial charge < -0.3 is 9.80 Å². The van der Waals surface area contributed by atoms with Crippen LogP contribution in [-0.2, 0) is 16.1 Å². The summed E-state index contributed by atoms with van der Waals surface area (Å²) in [6.45, 7) is 13.9. The maximum atomic E-state index is 8.12. The van der Waals surface area contributed by atoms with Crippen molar-refractivity contribution in [2.45, 2.75) is 34.2 Å². The molecule has 0 bridgehead atoms. The summed E-state index contributed by atoms with van der Waals surface area (Å²) >= 11 is 1.68. The van der Waals surface area contributed by atoms with Gasteiger partial charge in [0.1, 0.15) is 0 Å². The van der Waals surface area contributed by atoms with Crippen LogP contribution in [-0.4, -0.2) is 57.5 Å². The largest absolute Gasteiger partial charge is 0.373 e. The second kappa shape index (κ2) is 9.41. The fraction of sp³-hybridized carbons (Fsp3) is 0.522. The van der Waals surface area contributed by atoms with Crippen LogP contribution in [0.4, 0.5) is 10.8 Å². The lowest BCUT2D eigenvalue weighted by atomic mass is 9.97. The average Bonchev–Trinajstić information content (AvgIpc) is 3.50. The van der Waals surface area contributed by atoms with E-state index in [0.29, 0.717) is 17.7 Å². The molecule has 0 N–H and O–H groups in total. The fourth-order valence-electron chi connectivity index (χ4n) is 4.61. The van der Waals surface area contributed by atoms with Gasteiger partial charge in [0, 0.05) is 43.7 Å². The molecule has 2 aliphatic heterocycles. The Bertz CT molecular complexity index is 1120. The van der Waals surface area contributed by atoms with Crippen molar-refractivity contribution in [3.8, 4) is 10.7 Å². The number of anilines is 2. The van der Waals surface area contributed by atoms with Crippen molar-refractivity contribution in [1.29, 1.82) is 0 Å². The number of rotatable bonds is 4. The van der Waals surface area contributed by atoms with Gasteiger partial charge in [0.25, 0.3) is 0 Å². The highest BCUT2D eigenvalue weighted by Crippen LogP contribution is 2.39. The molecule has 174 valence electrons. The lowest BCUT2D eigenvalue weighted by Gasteiger charge is -2.24. The van der Waals surface area contributed by atoms with Gasteiger partial charge in [-0.2, -0.15) is 14.4 Å². The lowest BCUT2D eigenvalue weighted by molar-refractivity contribution is -0.191. The number of hydrogen-bond donors (Lipinski definition) is 0. The minimum Gasteiger partial charge on any atom is -0.371 e. The summed E-state index contributed by atoms with van der Waals surface area (Å²) in [5.74, 6) is 2.07. The molecule has 5 rings (SSSR count). The van der Waals surface area contributed by atoms with Crippen molar-refractivity contribution in [1.82, 2.24) is 25.2 Å². The van der Waals surface area contributed by atoms with Crippen molar-refractivity contribution in [2.75, 3.05) is 36.0 Å². The molecule has 1 aromatic carbocycles. The minimum atomic E-state index is 0.121. The molecule has 2 unspecified atom stereocenters. The van der Waals surface area contributed by atoms with Gasteiger partial charge in [-0.05, 0) is 29.2 Å². The second-order valence-electron chi connectivity index (χ2n) is 9.91. The first-order valence-corrected chi connectivity index (χ1v) is 11.9. The van der Waals surface area contributed by atoms with Crippen molar-refractivity contribution in [2.24, 2.45) is 17.3 Å².